The predicted molar refractivity (Wildman–Crippen MR) is 85.6 cm³/mol. The SMILES string of the molecule is CC(O)(C(=O)O)[C@H]1OCCN(c2cccc(-c3ccnnc3)n2)C1=O. The normalized spacial score (nSPS) is 20.2. The number of pyridine rings is 1. The quantitative estimate of drug-likeness (QED) is 0.800. The van der Waals surface area contributed by atoms with Gasteiger partial charge in [0.2, 0.25) is 0 Å². The lowest BCUT2D eigenvalue weighted by Crippen LogP contribution is -2.60. The van der Waals surface area contributed by atoms with E-state index in [1.165, 1.54) is 11.1 Å². The number of ether oxygens (including phenoxy) is 1. The van der Waals surface area contributed by atoms with Crippen LogP contribution in [0.25, 0.3) is 11.3 Å². The molecule has 0 bridgehead atoms. The Morgan fingerprint density at radius 3 is 2.84 bits per heavy atom. The lowest BCUT2D eigenvalue weighted by atomic mass is 9.97. The highest BCUT2D eigenvalue weighted by molar-refractivity contribution is 6.00. The summed E-state index contributed by atoms with van der Waals surface area (Å²) in [6, 6.07) is 6.85. The van der Waals surface area contributed by atoms with E-state index >= 15 is 0 Å². The second-order valence-electron chi connectivity index (χ2n) is 5.71. The molecule has 2 aromatic heterocycles. The maximum Gasteiger partial charge on any atom is 0.338 e. The van der Waals surface area contributed by atoms with Crippen LogP contribution in [-0.2, 0) is 14.3 Å². The Hall–Kier alpha value is -2.91. The maximum absolute atomic E-state index is 12.6. The minimum absolute atomic E-state index is 0.0859. The molecule has 1 fully saturated rings. The molecule has 0 aliphatic carbocycles. The van der Waals surface area contributed by atoms with Gasteiger partial charge in [-0.1, -0.05) is 6.07 Å². The van der Waals surface area contributed by atoms with Gasteiger partial charge in [-0.15, -0.1) is 0 Å². The summed E-state index contributed by atoms with van der Waals surface area (Å²) in [5, 5.41) is 26.7. The van der Waals surface area contributed by atoms with E-state index in [1.54, 1.807) is 30.5 Å². The fraction of sp³-hybridized carbons (Fsp3) is 0.312. The number of carbonyl (C=O) groups excluding carboxylic acids is 1. The van der Waals surface area contributed by atoms with Gasteiger partial charge in [-0.2, -0.15) is 10.2 Å². The third-order valence-corrected chi connectivity index (χ3v) is 3.92. The second-order valence-corrected chi connectivity index (χ2v) is 5.71. The molecule has 1 aliphatic rings. The second kappa shape index (κ2) is 6.54. The van der Waals surface area contributed by atoms with Crippen molar-refractivity contribution < 1.29 is 24.5 Å². The van der Waals surface area contributed by atoms with Gasteiger partial charge in [-0.25, -0.2) is 9.78 Å². The molecule has 3 heterocycles. The monoisotopic (exact) mass is 344 g/mol. The Kier molecular flexibility index (Phi) is 4.43. The summed E-state index contributed by atoms with van der Waals surface area (Å²) in [4.78, 5) is 29.6. The Morgan fingerprint density at radius 1 is 1.36 bits per heavy atom. The number of carboxylic acid groups (broad SMARTS) is 1. The number of carbonyl (C=O) groups is 2. The van der Waals surface area contributed by atoms with Crippen LogP contribution >= 0.6 is 0 Å². The molecule has 2 aromatic rings. The van der Waals surface area contributed by atoms with Gasteiger partial charge in [-0.3, -0.25) is 9.69 Å². The Balaban J connectivity index is 1.91. The third-order valence-electron chi connectivity index (χ3n) is 3.92. The highest BCUT2D eigenvalue weighted by Crippen LogP contribution is 2.25. The standard InChI is InChI=1S/C16H16N4O5/c1-16(24,15(22)23)13-14(21)20(7-8-25-13)12-4-2-3-11(19-12)10-5-6-17-18-9-10/h2-6,9,13,24H,7-8H2,1H3,(H,22,23)/t13-,16?/m0/s1. The number of aliphatic hydroxyl groups is 1. The van der Waals surface area contributed by atoms with Crippen LogP contribution in [0.3, 0.4) is 0 Å². The summed E-state index contributed by atoms with van der Waals surface area (Å²) in [5.41, 5.74) is -1.01. The van der Waals surface area contributed by atoms with Crippen LogP contribution < -0.4 is 4.90 Å². The summed E-state index contributed by atoms with van der Waals surface area (Å²) in [5.74, 6) is -1.85. The van der Waals surface area contributed by atoms with Crippen LogP contribution in [0.2, 0.25) is 0 Å². The molecule has 0 aromatic carbocycles. The molecule has 0 radical (unpaired) electrons. The van der Waals surface area contributed by atoms with Crippen LogP contribution in [0.1, 0.15) is 6.92 Å². The Bertz CT molecular complexity index is 796. The summed E-state index contributed by atoms with van der Waals surface area (Å²) in [6.07, 6.45) is 1.57. The predicted octanol–water partition coefficient (Wildman–Crippen LogP) is 0.106. The highest BCUT2D eigenvalue weighted by atomic mass is 16.5. The van der Waals surface area contributed by atoms with E-state index < -0.39 is 23.6 Å². The van der Waals surface area contributed by atoms with Crippen molar-refractivity contribution >= 4 is 17.7 Å². The van der Waals surface area contributed by atoms with Crippen molar-refractivity contribution in [1.29, 1.82) is 0 Å². The number of hydrogen-bond acceptors (Lipinski definition) is 7. The van der Waals surface area contributed by atoms with Crippen LogP contribution in [0, 0.1) is 0 Å². The van der Waals surface area contributed by atoms with Gasteiger partial charge in [0.1, 0.15) is 5.82 Å². The number of nitrogens with zero attached hydrogens (tertiary/aromatic N) is 4. The highest BCUT2D eigenvalue weighted by Gasteiger charge is 2.48. The van der Waals surface area contributed by atoms with E-state index in [1.807, 2.05) is 0 Å². The Labute approximate surface area is 142 Å². The molecule has 3 rings (SSSR count). The van der Waals surface area contributed by atoms with Gasteiger partial charge in [0.05, 0.1) is 31.2 Å². The van der Waals surface area contributed by atoms with Crippen molar-refractivity contribution in [3.63, 3.8) is 0 Å². The minimum atomic E-state index is -2.33. The van der Waals surface area contributed by atoms with E-state index in [2.05, 4.69) is 15.2 Å². The van der Waals surface area contributed by atoms with Crippen molar-refractivity contribution in [2.45, 2.75) is 18.6 Å². The number of morpholine rings is 1. The number of carboxylic acids is 1. The molecule has 25 heavy (non-hydrogen) atoms. The van der Waals surface area contributed by atoms with E-state index in [0.29, 0.717) is 11.5 Å². The molecule has 130 valence electrons. The molecular formula is C16H16N4O5. The maximum atomic E-state index is 12.6. The third kappa shape index (κ3) is 3.19. The van der Waals surface area contributed by atoms with Crippen molar-refractivity contribution in [2.75, 3.05) is 18.1 Å². The first-order valence-corrected chi connectivity index (χ1v) is 7.54. The molecule has 2 N–H and O–H groups in total. The lowest BCUT2D eigenvalue weighted by molar-refractivity contribution is -0.180. The Morgan fingerprint density at radius 2 is 2.16 bits per heavy atom. The van der Waals surface area contributed by atoms with E-state index in [9.17, 15) is 14.7 Å². The molecule has 2 atom stereocenters. The molecule has 1 saturated heterocycles. The number of amides is 1. The zero-order valence-electron chi connectivity index (χ0n) is 13.4. The molecule has 1 amide bonds. The number of rotatable bonds is 4. The van der Waals surface area contributed by atoms with Gasteiger partial charge in [-0.05, 0) is 25.1 Å². The average Bonchev–Trinajstić information content (AvgIpc) is 2.62. The molecule has 9 nitrogen and oxygen atoms in total. The summed E-state index contributed by atoms with van der Waals surface area (Å²) in [7, 11) is 0. The lowest BCUT2D eigenvalue weighted by Gasteiger charge is -2.36. The summed E-state index contributed by atoms with van der Waals surface area (Å²) < 4.78 is 5.21. The summed E-state index contributed by atoms with van der Waals surface area (Å²) >= 11 is 0. The fourth-order valence-corrected chi connectivity index (χ4v) is 2.50. The first-order chi connectivity index (χ1) is 11.9. The van der Waals surface area contributed by atoms with Crippen molar-refractivity contribution in [3.8, 4) is 11.3 Å². The van der Waals surface area contributed by atoms with Crippen molar-refractivity contribution in [1.82, 2.24) is 15.2 Å². The first-order valence-electron chi connectivity index (χ1n) is 7.54. The van der Waals surface area contributed by atoms with E-state index in [0.717, 1.165) is 12.5 Å². The number of aromatic nitrogens is 3. The molecule has 9 heteroatoms. The van der Waals surface area contributed by atoms with Crippen molar-refractivity contribution in [2.24, 2.45) is 0 Å². The largest absolute Gasteiger partial charge is 0.479 e. The number of anilines is 1. The molecular weight excluding hydrogens is 328 g/mol. The molecule has 1 aliphatic heterocycles. The van der Waals surface area contributed by atoms with Gasteiger partial charge < -0.3 is 14.9 Å². The molecule has 0 saturated carbocycles. The smallest absolute Gasteiger partial charge is 0.338 e. The summed E-state index contributed by atoms with van der Waals surface area (Å²) in [6.45, 7) is 1.33. The first kappa shape index (κ1) is 16.9. The number of hydrogen-bond donors (Lipinski definition) is 2. The zero-order chi connectivity index (χ0) is 18.0. The number of aliphatic carboxylic acids is 1. The van der Waals surface area contributed by atoms with E-state index in [4.69, 9.17) is 9.84 Å². The van der Waals surface area contributed by atoms with Crippen LogP contribution in [0.4, 0.5) is 5.82 Å². The average molecular weight is 344 g/mol. The fourth-order valence-electron chi connectivity index (χ4n) is 2.50. The van der Waals surface area contributed by atoms with Gasteiger partial charge in [0.15, 0.2) is 11.7 Å². The van der Waals surface area contributed by atoms with Gasteiger partial charge >= 0.3 is 5.97 Å². The van der Waals surface area contributed by atoms with Crippen molar-refractivity contribution in [3.05, 3.63) is 36.7 Å². The zero-order valence-corrected chi connectivity index (χ0v) is 13.4. The van der Waals surface area contributed by atoms with Gasteiger partial charge in [0, 0.05) is 5.56 Å². The topological polar surface area (TPSA) is 126 Å². The van der Waals surface area contributed by atoms with Gasteiger partial charge in [0.25, 0.3) is 5.91 Å². The van der Waals surface area contributed by atoms with Crippen LogP contribution in [0.5, 0.6) is 0 Å². The van der Waals surface area contributed by atoms with Crippen LogP contribution in [-0.4, -0.2) is 62.1 Å². The minimum Gasteiger partial charge on any atom is -0.479 e. The van der Waals surface area contributed by atoms with E-state index in [-0.39, 0.29) is 13.2 Å². The molecule has 0 spiro atoms. The van der Waals surface area contributed by atoms with Crippen LogP contribution in [0.15, 0.2) is 36.7 Å². The molecule has 1 unspecified atom stereocenters.